The molecule has 3 unspecified atom stereocenters. The molecule has 2 saturated heterocycles. The van der Waals surface area contributed by atoms with Gasteiger partial charge in [-0.05, 0) is 48.5 Å². The van der Waals surface area contributed by atoms with E-state index in [9.17, 15) is 9.59 Å². The first-order valence-electron chi connectivity index (χ1n) is 8.37. The highest BCUT2D eigenvalue weighted by atomic mass is 16.8. The van der Waals surface area contributed by atoms with Gasteiger partial charge in [-0.15, -0.1) is 0 Å². The molecular weight excluding hydrogens is 330 g/mol. The summed E-state index contributed by atoms with van der Waals surface area (Å²) in [4.78, 5) is 26.4. The lowest BCUT2D eigenvalue weighted by Gasteiger charge is -2.37. The Labute approximate surface area is 148 Å². The van der Waals surface area contributed by atoms with Crippen LogP contribution in [-0.2, 0) is 28.5 Å². The van der Waals surface area contributed by atoms with Crippen molar-refractivity contribution in [2.75, 3.05) is 13.7 Å². The van der Waals surface area contributed by atoms with Crippen molar-refractivity contribution in [1.29, 1.82) is 0 Å². The number of carbonyl (C=O) groups is 2. The van der Waals surface area contributed by atoms with Crippen molar-refractivity contribution in [3.8, 4) is 0 Å². The third-order valence-electron chi connectivity index (χ3n) is 4.05. The zero-order valence-corrected chi connectivity index (χ0v) is 16.2. The molecule has 2 aliphatic heterocycles. The molecule has 0 aromatic heterocycles. The Kier molecular flexibility index (Phi) is 5.11. The fourth-order valence-electron chi connectivity index (χ4n) is 3.11. The number of rotatable bonds is 2. The van der Waals surface area contributed by atoms with E-state index in [-0.39, 0.29) is 6.61 Å². The van der Waals surface area contributed by atoms with Crippen LogP contribution in [0, 0.1) is 0 Å². The van der Waals surface area contributed by atoms with Gasteiger partial charge in [0, 0.05) is 0 Å². The highest BCUT2D eigenvalue weighted by Crippen LogP contribution is 2.38. The van der Waals surface area contributed by atoms with E-state index in [1.54, 1.807) is 48.5 Å². The van der Waals surface area contributed by atoms with E-state index >= 15 is 0 Å². The molecule has 0 aliphatic carbocycles. The van der Waals surface area contributed by atoms with Crippen LogP contribution in [0.2, 0.25) is 0 Å². The summed E-state index contributed by atoms with van der Waals surface area (Å²) in [6.45, 7) is 12.5. The predicted octanol–water partition coefficient (Wildman–Crippen LogP) is 2.05. The van der Waals surface area contributed by atoms with E-state index in [1.165, 1.54) is 12.0 Å². The third-order valence-corrected chi connectivity index (χ3v) is 4.05. The number of amides is 1. The SMILES string of the molecule is COC(=O)C1OC(C)(C)OC1C1COC(C)(C)N1C(=O)OC(C)(C)C. The van der Waals surface area contributed by atoms with E-state index in [1.807, 2.05) is 0 Å². The van der Waals surface area contributed by atoms with Crippen LogP contribution in [0.1, 0.15) is 48.5 Å². The molecule has 144 valence electrons. The number of hydrogen-bond donors (Lipinski definition) is 0. The van der Waals surface area contributed by atoms with Gasteiger partial charge in [0.2, 0.25) is 0 Å². The second-order valence-corrected chi connectivity index (χ2v) is 8.22. The van der Waals surface area contributed by atoms with Crippen LogP contribution in [0.15, 0.2) is 0 Å². The molecule has 2 aliphatic rings. The van der Waals surface area contributed by atoms with Gasteiger partial charge in [0.15, 0.2) is 11.9 Å². The standard InChI is InChI=1S/C17H29NO7/c1-15(2,3)25-14(20)18-10(9-22-16(18,4)5)11-12(13(19)21-8)24-17(6,7)23-11/h10-12H,9H2,1-8H3. The molecule has 1 amide bonds. The number of hydrogen-bond acceptors (Lipinski definition) is 7. The highest BCUT2D eigenvalue weighted by Gasteiger charge is 2.57. The Morgan fingerprint density at radius 2 is 1.72 bits per heavy atom. The molecule has 0 saturated carbocycles. The lowest BCUT2D eigenvalue weighted by Crippen LogP contribution is -2.56. The Morgan fingerprint density at radius 1 is 1.12 bits per heavy atom. The maximum Gasteiger partial charge on any atom is 0.412 e. The Hall–Kier alpha value is -1.38. The van der Waals surface area contributed by atoms with Crippen molar-refractivity contribution < 1.29 is 33.3 Å². The molecule has 0 N–H and O–H groups in total. The summed E-state index contributed by atoms with van der Waals surface area (Å²) in [7, 11) is 1.29. The molecule has 0 bridgehead atoms. The smallest absolute Gasteiger partial charge is 0.412 e. The van der Waals surface area contributed by atoms with Gasteiger partial charge in [-0.2, -0.15) is 0 Å². The quantitative estimate of drug-likeness (QED) is 0.698. The van der Waals surface area contributed by atoms with E-state index in [4.69, 9.17) is 23.7 Å². The minimum atomic E-state index is -0.976. The van der Waals surface area contributed by atoms with Crippen molar-refractivity contribution >= 4 is 12.1 Å². The lowest BCUT2D eigenvalue weighted by atomic mass is 10.0. The van der Waals surface area contributed by atoms with Gasteiger partial charge >= 0.3 is 12.1 Å². The molecule has 0 aromatic carbocycles. The Morgan fingerprint density at radius 3 is 2.24 bits per heavy atom. The summed E-state index contributed by atoms with van der Waals surface area (Å²) < 4.78 is 27.7. The summed E-state index contributed by atoms with van der Waals surface area (Å²) in [6, 6.07) is -0.546. The third kappa shape index (κ3) is 4.24. The maximum absolute atomic E-state index is 12.8. The first-order valence-corrected chi connectivity index (χ1v) is 8.37. The average molecular weight is 359 g/mol. The van der Waals surface area contributed by atoms with Crippen molar-refractivity contribution in [3.63, 3.8) is 0 Å². The van der Waals surface area contributed by atoms with Crippen LogP contribution in [0.4, 0.5) is 4.79 Å². The molecule has 0 aromatic rings. The Bertz CT molecular complexity index is 538. The Balaban J connectivity index is 2.31. The van der Waals surface area contributed by atoms with Crippen LogP contribution in [0.5, 0.6) is 0 Å². The fraction of sp³-hybridized carbons (Fsp3) is 0.882. The van der Waals surface area contributed by atoms with Gasteiger partial charge in [-0.1, -0.05) is 0 Å². The van der Waals surface area contributed by atoms with Gasteiger partial charge in [0.25, 0.3) is 0 Å². The fourth-order valence-corrected chi connectivity index (χ4v) is 3.11. The van der Waals surface area contributed by atoms with Crippen LogP contribution in [-0.4, -0.2) is 66.0 Å². The highest BCUT2D eigenvalue weighted by molar-refractivity contribution is 5.76. The molecule has 25 heavy (non-hydrogen) atoms. The summed E-state index contributed by atoms with van der Waals surface area (Å²) in [5, 5.41) is 0. The second kappa shape index (κ2) is 6.41. The molecule has 2 heterocycles. The minimum absolute atomic E-state index is 0.198. The molecule has 2 fully saturated rings. The van der Waals surface area contributed by atoms with Gasteiger partial charge < -0.3 is 23.7 Å². The molecule has 2 rings (SSSR count). The summed E-state index contributed by atoms with van der Waals surface area (Å²) >= 11 is 0. The van der Waals surface area contributed by atoms with Crippen molar-refractivity contribution in [2.45, 2.75) is 83.8 Å². The number of nitrogens with zero attached hydrogens (tertiary/aromatic N) is 1. The first-order chi connectivity index (χ1) is 11.3. The number of ether oxygens (including phenoxy) is 5. The van der Waals surface area contributed by atoms with Gasteiger partial charge in [-0.25, -0.2) is 9.59 Å². The average Bonchev–Trinajstić information content (AvgIpc) is 2.91. The molecule has 8 nitrogen and oxygen atoms in total. The summed E-state index contributed by atoms with van der Waals surface area (Å²) in [5.41, 5.74) is -1.56. The van der Waals surface area contributed by atoms with E-state index in [0.29, 0.717) is 0 Å². The monoisotopic (exact) mass is 359 g/mol. The summed E-state index contributed by atoms with van der Waals surface area (Å²) in [5.74, 6) is -1.53. The van der Waals surface area contributed by atoms with Gasteiger partial charge in [-0.3, -0.25) is 4.90 Å². The number of esters is 1. The first kappa shape index (κ1) is 19.9. The zero-order valence-electron chi connectivity index (χ0n) is 16.2. The molecule has 3 atom stereocenters. The summed E-state index contributed by atoms with van der Waals surface area (Å²) in [6.07, 6.45) is -2.21. The van der Waals surface area contributed by atoms with Crippen LogP contribution in [0.25, 0.3) is 0 Å². The van der Waals surface area contributed by atoms with E-state index in [2.05, 4.69) is 0 Å². The van der Waals surface area contributed by atoms with Crippen molar-refractivity contribution in [3.05, 3.63) is 0 Å². The topological polar surface area (TPSA) is 83.5 Å². The molecular formula is C17H29NO7. The van der Waals surface area contributed by atoms with Gasteiger partial charge in [0.05, 0.1) is 19.8 Å². The van der Waals surface area contributed by atoms with Crippen LogP contribution in [0.3, 0.4) is 0 Å². The largest absolute Gasteiger partial charge is 0.467 e. The van der Waals surface area contributed by atoms with Gasteiger partial charge in [0.1, 0.15) is 17.4 Å². The van der Waals surface area contributed by atoms with Crippen molar-refractivity contribution in [2.24, 2.45) is 0 Å². The predicted molar refractivity (Wildman–Crippen MR) is 87.7 cm³/mol. The van der Waals surface area contributed by atoms with Crippen molar-refractivity contribution in [1.82, 2.24) is 4.90 Å². The van der Waals surface area contributed by atoms with Crippen LogP contribution < -0.4 is 0 Å². The molecule has 8 heteroatoms. The lowest BCUT2D eigenvalue weighted by molar-refractivity contribution is -0.168. The van der Waals surface area contributed by atoms with Crippen LogP contribution >= 0.6 is 0 Å². The maximum atomic E-state index is 12.8. The minimum Gasteiger partial charge on any atom is -0.467 e. The zero-order chi connectivity index (χ0) is 19.2. The number of methoxy groups -OCH3 is 1. The molecule has 0 radical (unpaired) electrons. The second-order valence-electron chi connectivity index (χ2n) is 8.22. The molecule has 0 spiro atoms. The van der Waals surface area contributed by atoms with E-state index < -0.39 is 47.4 Å². The van der Waals surface area contributed by atoms with E-state index in [0.717, 1.165) is 0 Å². The number of carbonyl (C=O) groups excluding carboxylic acids is 2. The normalized spacial score (nSPS) is 31.0.